The first kappa shape index (κ1) is 31.5. The van der Waals surface area contributed by atoms with Crippen LogP contribution in [0.4, 0.5) is 0 Å². The second-order valence-electron chi connectivity index (χ2n) is 14.4. The van der Waals surface area contributed by atoms with Crippen LogP contribution in [-0.4, -0.2) is 24.1 Å². The molecule has 0 N–H and O–H groups in total. The maximum absolute atomic E-state index is 6.76. The van der Waals surface area contributed by atoms with Gasteiger partial charge in [0.1, 0.15) is 11.2 Å². The highest BCUT2D eigenvalue weighted by molar-refractivity contribution is 6.23. The van der Waals surface area contributed by atoms with Gasteiger partial charge in [0.15, 0.2) is 11.6 Å². The Bertz CT molecular complexity index is 3510. The zero-order valence-corrected chi connectivity index (χ0v) is 30.5. The molecule has 0 saturated heterocycles. The Hall–Kier alpha value is -7.83. The molecule has 4 heterocycles. The van der Waals surface area contributed by atoms with Gasteiger partial charge in [-0.25, -0.2) is 4.98 Å². The summed E-state index contributed by atoms with van der Waals surface area (Å²) in [6.07, 6.45) is 0. The molecule has 0 spiro atoms. The molecular formula is C51H31N5O. The molecule has 0 radical (unpaired) electrons. The topological polar surface area (TPSA) is 61.7 Å². The van der Waals surface area contributed by atoms with Gasteiger partial charge in [0.05, 0.1) is 27.6 Å². The van der Waals surface area contributed by atoms with Crippen LogP contribution in [0.2, 0.25) is 0 Å². The van der Waals surface area contributed by atoms with Crippen molar-refractivity contribution < 1.29 is 4.42 Å². The van der Waals surface area contributed by atoms with Gasteiger partial charge < -0.3 is 8.98 Å². The Morgan fingerprint density at radius 3 is 1.63 bits per heavy atom. The van der Waals surface area contributed by atoms with E-state index >= 15 is 0 Å². The lowest BCUT2D eigenvalue weighted by Gasteiger charge is -2.13. The van der Waals surface area contributed by atoms with Crippen molar-refractivity contribution in [2.24, 2.45) is 0 Å². The molecule has 266 valence electrons. The van der Waals surface area contributed by atoms with E-state index < -0.39 is 0 Å². The predicted molar refractivity (Wildman–Crippen MR) is 232 cm³/mol. The van der Waals surface area contributed by atoms with Crippen molar-refractivity contribution in [3.8, 4) is 45.5 Å². The molecular weight excluding hydrogens is 699 g/mol. The Kier molecular flexibility index (Phi) is 6.83. The lowest BCUT2D eigenvalue weighted by molar-refractivity contribution is 0.669. The summed E-state index contributed by atoms with van der Waals surface area (Å²) in [5.41, 5.74) is 10.8. The van der Waals surface area contributed by atoms with Gasteiger partial charge in [-0.2, -0.15) is 9.97 Å². The Labute approximate surface area is 326 Å². The van der Waals surface area contributed by atoms with Gasteiger partial charge >= 0.3 is 0 Å². The highest BCUT2D eigenvalue weighted by Gasteiger charge is 2.24. The average molecular weight is 730 g/mol. The lowest BCUT2D eigenvalue weighted by Crippen LogP contribution is -2.07. The fourth-order valence-corrected chi connectivity index (χ4v) is 8.74. The maximum Gasteiger partial charge on any atom is 0.238 e. The molecule has 0 aliphatic heterocycles. The molecule has 4 aromatic heterocycles. The molecule has 0 amide bonds. The molecule has 12 rings (SSSR count). The van der Waals surface area contributed by atoms with Gasteiger partial charge in [-0.3, -0.25) is 4.57 Å². The Morgan fingerprint density at radius 2 is 0.912 bits per heavy atom. The Morgan fingerprint density at radius 1 is 0.368 bits per heavy atom. The van der Waals surface area contributed by atoms with Crippen molar-refractivity contribution in [1.82, 2.24) is 24.1 Å². The summed E-state index contributed by atoms with van der Waals surface area (Å²) >= 11 is 0. The predicted octanol–water partition coefficient (Wildman–Crippen LogP) is 13.0. The van der Waals surface area contributed by atoms with Gasteiger partial charge in [-0.15, -0.1) is 0 Å². The zero-order chi connectivity index (χ0) is 37.5. The van der Waals surface area contributed by atoms with E-state index in [1.165, 1.54) is 5.39 Å². The van der Waals surface area contributed by atoms with Crippen molar-refractivity contribution in [1.29, 1.82) is 0 Å². The number of benzene rings is 8. The number of hydrogen-bond donors (Lipinski definition) is 0. The molecule has 8 aromatic carbocycles. The van der Waals surface area contributed by atoms with Gasteiger partial charge in [-0.05, 0) is 47.5 Å². The number of furan rings is 1. The van der Waals surface area contributed by atoms with Gasteiger partial charge in [0, 0.05) is 43.6 Å². The number of rotatable bonds is 5. The second-order valence-corrected chi connectivity index (χ2v) is 14.4. The molecule has 6 heteroatoms. The number of fused-ring (bicyclic) bond motifs is 10. The molecule has 12 aromatic rings. The fraction of sp³-hybridized carbons (Fsp3) is 0. The highest BCUT2D eigenvalue weighted by atomic mass is 16.3. The summed E-state index contributed by atoms with van der Waals surface area (Å²) in [7, 11) is 0. The molecule has 0 saturated carbocycles. The van der Waals surface area contributed by atoms with Crippen molar-refractivity contribution in [2.75, 3.05) is 0 Å². The van der Waals surface area contributed by atoms with Crippen LogP contribution in [0.25, 0.3) is 111 Å². The Balaban J connectivity index is 1.20. The first-order valence-electron chi connectivity index (χ1n) is 19.1. The number of nitrogens with zero attached hydrogens (tertiary/aromatic N) is 5. The molecule has 0 unspecified atom stereocenters. The second kappa shape index (κ2) is 12.3. The minimum Gasteiger partial charge on any atom is -0.455 e. The third kappa shape index (κ3) is 4.74. The van der Waals surface area contributed by atoms with E-state index in [0.717, 1.165) is 88.1 Å². The van der Waals surface area contributed by atoms with Gasteiger partial charge in [0.2, 0.25) is 5.95 Å². The van der Waals surface area contributed by atoms with Crippen LogP contribution in [-0.2, 0) is 0 Å². The van der Waals surface area contributed by atoms with E-state index in [1.807, 2.05) is 42.5 Å². The van der Waals surface area contributed by atoms with Crippen LogP contribution in [0.5, 0.6) is 0 Å². The molecule has 0 atom stereocenters. The van der Waals surface area contributed by atoms with E-state index in [1.54, 1.807) is 0 Å². The summed E-state index contributed by atoms with van der Waals surface area (Å²) in [5, 5.41) is 6.66. The van der Waals surface area contributed by atoms with E-state index in [4.69, 9.17) is 19.4 Å². The zero-order valence-electron chi connectivity index (χ0n) is 30.5. The van der Waals surface area contributed by atoms with Crippen molar-refractivity contribution in [3.63, 3.8) is 0 Å². The van der Waals surface area contributed by atoms with E-state index in [-0.39, 0.29) is 0 Å². The molecule has 57 heavy (non-hydrogen) atoms. The van der Waals surface area contributed by atoms with Crippen LogP contribution in [0.1, 0.15) is 0 Å². The van der Waals surface area contributed by atoms with Crippen LogP contribution < -0.4 is 0 Å². The lowest BCUT2D eigenvalue weighted by atomic mass is 9.99. The number of hydrogen-bond acceptors (Lipinski definition) is 4. The quantitative estimate of drug-likeness (QED) is 0.177. The first-order valence-corrected chi connectivity index (χ1v) is 19.1. The van der Waals surface area contributed by atoms with Crippen molar-refractivity contribution in [2.45, 2.75) is 0 Å². The first-order chi connectivity index (χ1) is 28.3. The normalized spacial score (nSPS) is 11.9. The van der Waals surface area contributed by atoms with Crippen LogP contribution in [0.3, 0.4) is 0 Å². The average Bonchev–Trinajstić information content (AvgIpc) is 3.95. The summed E-state index contributed by atoms with van der Waals surface area (Å²) in [6.45, 7) is 0. The molecule has 0 aliphatic rings. The third-order valence-electron chi connectivity index (χ3n) is 11.2. The SMILES string of the molecule is c1ccc(-c2nc(-c3cccc4c3oc3cccc(-c5ccccc5)c34)nc(-n3c4ccccc4c4ccc5c6ccccc6n(-c6ccccc6)c5c43)n2)cc1. The number of aromatic nitrogens is 5. The van der Waals surface area contributed by atoms with E-state index in [9.17, 15) is 0 Å². The summed E-state index contributed by atoms with van der Waals surface area (Å²) < 4.78 is 11.4. The summed E-state index contributed by atoms with van der Waals surface area (Å²) in [6, 6.07) is 65.4. The van der Waals surface area contributed by atoms with Crippen molar-refractivity contribution in [3.05, 3.63) is 188 Å². The minimum atomic E-state index is 0.528. The largest absolute Gasteiger partial charge is 0.455 e. The van der Waals surface area contributed by atoms with Crippen LogP contribution in [0.15, 0.2) is 192 Å². The van der Waals surface area contributed by atoms with Crippen LogP contribution >= 0.6 is 0 Å². The minimum absolute atomic E-state index is 0.528. The fourth-order valence-electron chi connectivity index (χ4n) is 8.74. The monoisotopic (exact) mass is 729 g/mol. The highest BCUT2D eigenvalue weighted by Crippen LogP contribution is 2.43. The van der Waals surface area contributed by atoms with E-state index in [0.29, 0.717) is 17.6 Å². The van der Waals surface area contributed by atoms with Gasteiger partial charge in [0.25, 0.3) is 0 Å². The molecule has 0 bridgehead atoms. The third-order valence-corrected chi connectivity index (χ3v) is 11.2. The smallest absolute Gasteiger partial charge is 0.238 e. The molecule has 0 fully saturated rings. The summed E-state index contributed by atoms with van der Waals surface area (Å²) in [5.74, 6) is 1.64. The summed E-state index contributed by atoms with van der Waals surface area (Å²) in [4.78, 5) is 15.9. The molecule has 0 aliphatic carbocycles. The number of para-hydroxylation sites is 4. The van der Waals surface area contributed by atoms with Crippen molar-refractivity contribution >= 4 is 65.6 Å². The van der Waals surface area contributed by atoms with Crippen LogP contribution in [0, 0.1) is 0 Å². The maximum atomic E-state index is 6.76. The standard InChI is InChI=1S/C51H31N5O/c1-4-16-32(17-5-1)35-24-15-29-44-45(35)40-25-14-26-41(48(40)57-44)50-52-49(33-18-6-2-7-19-33)53-51(54-50)56-43-28-13-11-23-37(43)39-31-30-38-36-22-10-12-27-42(36)55(46(38)47(39)56)34-20-8-3-9-21-34/h1-31H. The van der Waals surface area contributed by atoms with Gasteiger partial charge in [-0.1, -0.05) is 152 Å². The molecule has 6 nitrogen and oxygen atoms in total. The van der Waals surface area contributed by atoms with E-state index in [2.05, 4.69) is 155 Å².